The van der Waals surface area contributed by atoms with Gasteiger partial charge in [0.25, 0.3) is 0 Å². The summed E-state index contributed by atoms with van der Waals surface area (Å²) in [4.78, 5) is 24.0. The van der Waals surface area contributed by atoms with Crippen LogP contribution in [0.3, 0.4) is 0 Å². The number of benzene rings is 1. The van der Waals surface area contributed by atoms with E-state index in [0.717, 1.165) is 0 Å². The summed E-state index contributed by atoms with van der Waals surface area (Å²) in [5, 5.41) is 0. The van der Waals surface area contributed by atoms with Crippen LogP contribution in [0, 0.1) is 5.92 Å². The van der Waals surface area contributed by atoms with Crippen LogP contribution in [0.2, 0.25) is 0 Å². The molecule has 23 heavy (non-hydrogen) atoms. The van der Waals surface area contributed by atoms with Crippen LogP contribution in [0.25, 0.3) is 0 Å². The van der Waals surface area contributed by atoms with Crippen LogP contribution in [-0.4, -0.2) is 38.8 Å². The normalized spacial score (nSPS) is 24.0. The fraction of sp³-hybridized carbons (Fsp3) is 0.375. The SMILES string of the molecule is C=CC[C@@]1(S(=O)(=O)c2ccccc2)C(=O)OC[C@H]1CC(=O)OC. The molecule has 0 spiro atoms. The molecule has 1 aromatic rings. The molecule has 7 heteroatoms. The van der Waals surface area contributed by atoms with Crippen molar-refractivity contribution in [1.82, 2.24) is 0 Å². The number of rotatable bonds is 6. The van der Waals surface area contributed by atoms with Gasteiger partial charge < -0.3 is 9.47 Å². The number of methoxy groups -OCH3 is 1. The lowest BCUT2D eigenvalue weighted by Crippen LogP contribution is -2.49. The van der Waals surface area contributed by atoms with Gasteiger partial charge in [-0.2, -0.15) is 0 Å². The monoisotopic (exact) mass is 338 g/mol. The molecule has 2 atom stereocenters. The summed E-state index contributed by atoms with van der Waals surface area (Å²) in [6, 6.07) is 7.66. The van der Waals surface area contributed by atoms with Crippen LogP contribution in [0.5, 0.6) is 0 Å². The Hall–Kier alpha value is -2.15. The standard InChI is InChI=1S/C16H18O6S/c1-3-9-16(23(19,20)13-7-5-4-6-8-13)12(10-14(17)21-2)11-22-15(16)18/h3-8,12H,1,9-11H2,2H3/t12-,16+/m1/s1. The lowest BCUT2D eigenvalue weighted by Gasteiger charge is -2.29. The maximum Gasteiger partial charge on any atom is 0.328 e. The third-order valence-corrected chi connectivity index (χ3v) is 6.56. The molecule has 0 amide bonds. The third kappa shape index (κ3) is 2.76. The molecular weight excluding hydrogens is 320 g/mol. The zero-order valence-electron chi connectivity index (χ0n) is 12.7. The quantitative estimate of drug-likeness (QED) is 0.577. The van der Waals surface area contributed by atoms with E-state index in [4.69, 9.17) is 4.74 Å². The average molecular weight is 338 g/mol. The first-order valence-electron chi connectivity index (χ1n) is 7.04. The van der Waals surface area contributed by atoms with E-state index in [1.807, 2.05) is 0 Å². The van der Waals surface area contributed by atoms with E-state index >= 15 is 0 Å². The summed E-state index contributed by atoms with van der Waals surface area (Å²) < 4.78 is 34.0. The summed E-state index contributed by atoms with van der Waals surface area (Å²) in [5.74, 6) is -2.27. The third-order valence-electron chi connectivity index (χ3n) is 4.04. The highest BCUT2D eigenvalue weighted by molar-refractivity contribution is 7.93. The molecule has 0 saturated carbocycles. The number of hydrogen-bond acceptors (Lipinski definition) is 6. The number of ether oxygens (including phenoxy) is 2. The van der Waals surface area contributed by atoms with Crippen LogP contribution in [0.4, 0.5) is 0 Å². The maximum absolute atomic E-state index is 13.1. The molecule has 0 N–H and O–H groups in total. The number of allylic oxidation sites excluding steroid dienone is 1. The Morgan fingerprint density at radius 3 is 2.65 bits per heavy atom. The summed E-state index contributed by atoms with van der Waals surface area (Å²) in [6.45, 7) is 3.41. The van der Waals surface area contributed by atoms with Crippen molar-refractivity contribution in [3.05, 3.63) is 43.0 Å². The van der Waals surface area contributed by atoms with Gasteiger partial charge in [0, 0.05) is 5.92 Å². The first-order valence-corrected chi connectivity index (χ1v) is 8.53. The van der Waals surface area contributed by atoms with E-state index in [9.17, 15) is 18.0 Å². The van der Waals surface area contributed by atoms with Crippen molar-refractivity contribution in [3.63, 3.8) is 0 Å². The second-order valence-electron chi connectivity index (χ2n) is 5.27. The molecule has 0 aromatic heterocycles. The first kappa shape index (κ1) is 17.2. The van der Waals surface area contributed by atoms with Crippen molar-refractivity contribution in [2.75, 3.05) is 13.7 Å². The van der Waals surface area contributed by atoms with Gasteiger partial charge in [0.2, 0.25) is 0 Å². The number of hydrogen-bond donors (Lipinski definition) is 0. The van der Waals surface area contributed by atoms with E-state index in [1.54, 1.807) is 18.2 Å². The number of carbonyl (C=O) groups excluding carboxylic acids is 2. The fourth-order valence-electron chi connectivity index (χ4n) is 2.82. The largest absolute Gasteiger partial charge is 0.469 e. The van der Waals surface area contributed by atoms with Crippen molar-refractivity contribution in [1.29, 1.82) is 0 Å². The fourth-order valence-corrected chi connectivity index (χ4v) is 4.96. The summed E-state index contributed by atoms with van der Waals surface area (Å²) in [7, 11) is -2.86. The molecule has 2 rings (SSSR count). The smallest absolute Gasteiger partial charge is 0.328 e. The Kier molecular flexibility index (Phi) is 4.89. The Morgan fingerprint density at radius 1 is 1.43 bits per heavy atom. The van der Waals surface area contributed by atoms with Crippen molar-refractivity contribution >= 4 is 21.8 Å². The minimum absolute atomic E-state index is 0.00978. The zero-order valence-corrected chi connectivity index (χ0v) is 13.5. The van der Waals surface area contributed by atoms with E-state index in [0.29, 0.717) is 0 Å². The molecule has 1 fully saturated rings. The van der Waals surface area contributed by atoms with E-state index in [2.05, 4.69) is 11.3 Å². The highest BCUT2D eigenvalue weighted by Crippen LogP contribution is 2.43. The van der Waals surface area contributed by atoms with Gasteiger partial charge in [-0.15, -0.1) is 6.58 Å². The van der Waals surface area contributed by atoms with Gasteiger partial charge in [-0.25, -0.2) is 8.42 Å². The molecule has 124 valence electrons. The predicted octanol–water partition coefficient (Wildman–Crippen LogP) is 1.51. The number of carbonyl (C=O) groups is 2. The van der Waals surface area contributed by atoms with Gasteiger partial charge in [0.1, 0.15) is 0 Å². The van der Waals surface area contributed by atoms with Crippen molar-refractivity contribution in [2.24, 2.45) is 5.92 Å². The second kappa shape index (κ2) is 6.54. The molecule has 0 bridgehead atoms. The van der Waals surface area contributed by atoms with Crippen LogP contribution in [-0.2, 0) is 28.9 Å². The molecule has 1 heterocycles. The molecule has 1 aromatic carbocycles. The summed E-state index contributed by atoms with van der Waals surface area (Å²) in [6.07, 6.45) is 1.00. The molecule has 0 unspecified atom stereocenters. The maximum atomic E-state index is 13.1. The Bertz CT molecular complexity index is 709. The molecule has 6 nitrogen and oxygen atoms in total. The highest BCUT2D eigenvalue weighted by Gasteiger charge is 2.61. The zero-order chi connectivity index (χ0) is 17.1. The minimum Gasteiger partial charge on any atom is -0.469 e. The van der Waals surface area contributed by atoms with Crippen LogP contribution in [0.1, 0.15) is 12.8 Å². The van der Waals surface area contributed by atoms with Gasteiger partial charge in [-0.05, 0) is 18.6 Å². The first-order chi connectivity index (χ1) is 10.9. The van der Waals surface area contributed by atoms with Gasteiger partial charge >= 0.3 is 11.9 Å². The van der Waals surface area contributed by atoms with E-state index in [-0.39, 0.29) is 24.3 Å². The molecular formula is C16H18O6S. The molecule has 1 saturated heterocycles. The molecule has 1 aliphatic heterocycles. The van der Waals surface area contributed by atoms with Crippen LogP contribution >= 0.6 is 0 Å². The number of sulfone groups is 1. The van der Waals surface area contributed by atoms with E-state index in [1.165, 1.54) is 25.3 Å². The minimum atomic E-state index is -4.07. The van der Waals surface area contributed by atoms with Crippen molar-refractivity contribution in [2.45, 2.75) is 22.5 Å². The van der Waals surface area contributed by atoms with Crippen molar-refractivity contribution in [3.8, 4) is 0 Å². The second-order valence-corrected chi connectivity index (χ2v) is 7.48. The van der Waals surface area contributed by atoms with E-state index < -0.39 is 32.4 Å². The number of cyclic esters (lactones) is 1. The van der Waals surface area contributed by atoms with Gasteiger partial charge in [-0.1, -0.05) is 24.3 Å². The van der Waals surface area contributed by atoms with Crippen molar-refractivity contribution < 1.29 is 27.5 Å². The Labute approximate surface area is 135 Å². The Morgan fingerprint density at radius 2 is 2.09 bits per heavy atom. The average Bonchev–Trinajstić information content (AvgIpc) is 2.86. The van der Waals surface area contributed by atoms with Crippen LogP contribution in [0.15, 0.2) is 47.9 Å². The lowest BCUT2D eigenvalue weighted by molar-refractivity contribution is -0.142. The van der Waals surface area contributed by atoms with Crippen LogP contribution < -0.4 is 0 Å². The summed E-state index contributed by atoms with van der Waals surface area (Å²) >= 11 is 0. The summed E-state index contributed by atoms with van der Waals surface area (Å²) in [5.41, 5.74) is 0. The highest BCUT2D eigenvalue weighted by atomic mass is 32.2. The Balaban J connectivity index is 2.58. The lowest BCUT2D eigenvalue weighted by atomic mass is 9.88. The molecule has 1 aliphatic rings. The van der Waals surface area contributed by atoms with Gasteiger partial charge in [-0.3, -0.25) is 9.59 Å². The molecule has 0 aliphatic carbocycles. The molecule has 0 radical (unpaired) electrons. The topological polar surface area (TPSA) is 86.7 Å². The van der Waals surface area contributed by atoms with Gasteiger partial charge in [0.15, 0.2) is 14.6 Å². The predicted molar refractivity (Wildman–Crippen MR) is 82.3 cm³/mol. The van der Waals surface area contributed by atoms with Gasteiger partial charge in [0.05, 0.1) is 25.0 Å². The number of esters is 2.